The van der Waals surface area contributed by atoms with E-state index in [2.05, 4.69) is 52.2 Å². The second kappa shape index (κ2) is 9.62. The fourth-order valence-corrected chi connectivity index (χ4v) is 5.40. The lowest BCUT2D eigenvalue weighted by atomic mass is 10.1. The monoisotopic (exact) mass is 489 g/mol. The molecule has 0 radical (unpaired) electrons. The highest BCUT2D eigenvalue weighted by Gasteiger charge is 2.31. The molecule has 35 heavy (non-hydrogen) atoms. The van der Waals surface area contributed by atoms with Crippen LogP contribution in [-0.2, 0) is 25.3 Å². The molecule has 3 heterocycles. The molecule has 1 atom stereocenters. The highest BCUT2D eigenvalue weighted by atomic mass is 32.2. The zero-order valence-corrected chi connectivity index (χ0v) is 20.5. The van der Waals surface area contributed by atoms with E-state index in [4.69, 9.17) is 0 Å². The zero-order chi connectivity index (χ0) is 24.0. The van der Waals surface area contributed by atoms with Crippen LogP contribution in [0, 0.1) is 6.92 Å². The number of nitrogens with one attached hydrogen (secondary N) is 1. The molecule has 5 rings (SSSR count). The molecule has 7 nitrogen and oxygen atoms in total. The van der Waals surface area contributed by atoms with E-state index in [-0.39, 0.29) is 19.2 Å². The van der Waals surface area contributed by atoms with Crippen molar-refractivity contribution in [1.82, 2.24) is 19.7 Å². The molecule has 8 heteroatoms. The van der Waals surface area contributed by atoms with Crippen LogP contribution in [0.4, 0.5) is 5.69 Å². The first kappa shape index (κ1) is 24.6. The minimum absolute atomic E-state index is 0. The van der Waals surface area contributed by atoms with Crippen LogP contribution < -0.4 is 10.2 Å². The van der Waals surface area contributed by atoms with Crippen LogP contribution in [0.25, 0.3) is 10.9 Å². The number of anilines is 1. The van der Waals surface area contributed by atoms with Crippen LogP contribution in [-0.4, -0.2) is 45.0 Å². The first-order chi connectivity index (χ1) is 16.3. The first-order valence-corrected chi connectivity index (χ1v) is 12.2. The van der Waals surface area contributed by atoms with E-state index < -0.39 is 6.04 Å². The van der Waals surface area contributed by atoms with Gasteiger partial charge in [-0.1, -0.05) is 37.3 Å². The van der Waals surface area contributed by atoms with Crippen molar-refractivity contribution >= 4 is 40.2 Å². The van der Waals surface area contributed by atoms with Crippen molar-refractivity contribution in [3.05, 3.63) is 77.2 Å². The van der Waals surface area contributed by atoms with Gasteiger partial charge in [-0.05, 0) is 36.8 Å². The smallest absolute Gasteiger partial charge is 0.272 e. The lowest BCUT2D eigenvalue weighted by molar-refractivity contribution is -0.119. The molecule has 0 unspecified atom stereocenters. The van der Waals surface area contributed by atoms with E-state index in [0.717, 1.165) is 32.7 Å². The van der Waals surface area contributed by atoms with Crippen LogP contribution in [0.3, 0.4) is 0 Å². The van der Waals surface area contributed by atoms with Gasteiger partial charge in [-0.25, -0.2) is 0 Å². The average molecular weight is 490 g/mol. The van der Waals surface area contributed by atoms with Gasteiger partial charge in [0, 0.05) is 61.0 Å². The van der Waals surface area contributed by atoms with Gasteiger partial charge in [-0.3, -0.25) is 14.3 Å². The summed E-state index contributed by atoms with van der Waals surface area (Å²) in [7, 11) is 5.61. The molecular weight excluding hydrogens is 458 g/mol. The third-order valence-electron chi connectivity index (χ3n) is 6.38. The molecule has 1 N–H and O–H groups in total. The van der Waals surface area contributed by atoms with Gasteiger partial charge in [-0.15, -0.1) is 11.8 Å². The quantitative estimate of drug-likeness (QED) is 0.464. The highest BCUT2D eigenvalue weighted by Crippen LogP contribution is 2.37. The van der Waals surface area contributed by atoms with Gasteiger partial charge in [0.15, 0.2) is 0 Å². The number of hydrogen-bond acceptors (Lipinski definition) is 4. The number of hydrogen-bond donors (Lipinski definition) is 1. The fourth-order valence-electron chi connectivity index (χ4n) is 4.29. The van der Waals surface area contributed by atoms with Crippen LogP contribution in [0.1, 0.15) is 34.7 Å². The van der Waals surface area contributed by atoms with E-state index in [1.165, 1.54) is 5.56 Å². The van der Waals surface area contributed by atoms with Crippen molar-refractivity contribution in [1.29, 1.82) is 0 Å². The highest BCUT2D eigenvalue weighted by molar-refractivity contribution is 7.99. The molecule has 1 aliphatic rings. The van der Waals surface area contributed by atoms with Crippen LogP contribution in [0.2, 0.25) is 0 Å². The maximum atomic E-state index is 13.2. The number of nitrogens with zero attached hydrogens (tertiary/aromatic N) is 4. The number of benzene rings is 2. The van der Waals surface area contributed by atoms with E-state index in [1.807, 2.05) is 32.4 Å². The van der Waals surface area contributed by atoms with E-state index in [0.29, 0.717) is 17.9 Å². The van der Waals surface area contributed by atoms with Crippen molar-refractivity contribution in [2.75, 3.05) is 17.7 Å². The maximum Gasteiger partial charge on any atom is 0.272 e. The number of carbonyl (C=O) groups is 2. The first-order valence-electron chi connectivity index (χ1n) is 11.2. The summed E-state index contributed by atoms with van der Waals surface area (Å²) >= 11 is 1.58. The van der Waals surface area contributed by atoms with Gasteiger partial charge in [-0.2, -0.15) is 5.10 Å². The Labute approximate surface area is 210 Å². The Hall–Kier alpha value is -3.52. The molecular formula is C27H31N5O2S. The van der Waals surface area contributed by atoms with Crippen LogP contribution >= 0.6 is 11.8 Å². The molecule has 0 spiro atoms. The van der Waals surface area contributed by atoms with Gasteiger partial charge in [0.05, 0.1) is 5.69 Å². The topological polar surface area (TPSA) is 72.2 Å². The Morgan fingerprint density at radius 3 is 2.60 bits per heavy atom. The molecule has 182 valence electrons. The second-order valence-electron chi connectivity index (χ2n) is 8.85. The molecule has 0 saturated carbocycles. The second-order valence-corrected chi connectivity index (χ2v) is 9.91. The number of likely N-dealkylation sites (N-methyl/N-ethyl adjacent to an activating group) is 1. The summed E-state index contributed by atoms with van der Waals surface area (Å²) in [5.74, 6) is -0.0131. The Kier molecular flexibility index (Phi) is 6.76. The summed E-state index contributed by atoms with van der Waals surface area (Å²) in [5, 5.41) is 8.41. The van der Waals surface area contributed by atoms with E-state index >= 15 is 0 Å². The zero-order valence-electron chi connectivity index (χ0n) is 19.7. The van der Waals surface area contributed by atoms with Crippen molar-refractivity contribution in [2.24, 2.45) is 14.1 Å². The summed E-state index contributed by atoms with van der Waals surface area (Å²) in [6, 6.07) is 15.7. The third kappa shape index (κ3) is 4.71. The number of thioether (sulfide) groups is 1. The summed E-state index contributed by atoms with van der Waals surface area (Å²) in [5.41, 5.74) is 5.60. The lowest BCUT2D eigenvalue weighted by Crippen LogP contribution is -2.48. The number of amides is 2. The number of rotatable bonds is 4. The summed E-state index contributed by atoms with van der Waals surface area (Å²) < 4.78 is 3.80. The summed E-state index contributed by atoms with van der Waals surface area (Å²) in [4.78, 5) is 28.9. The normalized spacial score (nSPS) is 15.5. The van der Waals surface area contributed by atoms with E-state index in [9.17, 15) is 9.59 Å². The number of fused-ring (bicyclic) bond motifs is 2. The molecule has 1 aliphatic heterocycles. The third-order valence-corrected chi connectivity index (χ3v) is 7.52. The SMILES string of the molecule is C.Cc1ccc(Cc2cc(C(=O)N[C@H]3CSc4cc5c(ccn5C)cc4N(C)C3=O)nn2C)cc1. The maximum absolute atomic E-state index is 13.2. The molecule has 0 bridgehead atoms. The van der Waals surface area contributed by atoms with E-state index in [1.54, 1.807) is 34.5 Å². The van der Waals surface area contributed by atoms with Gasteiger partial charge in [0.1, 0.15) is 11.7 Å². The van der Waals surface area contributed by atoms with Crippen molar-refractivity contribution in [2.45, 2.75) is 31.7 Å². The molecule has 0 aliphatic carbocycles. The molecule has 0 fully saturated rings. The minimum Gasteiger partial charge on any atom is -0.351 e. The number of aromatic nitrogens is 3. The fraction of sp³-hybridized carbons (Fsp3) is 0.296. The van der Waals surface area contributed by atoms with Gasteiger partial charge in [0.25, 0.3) is 5.91 Å². The van der Waals surface area contributed by atoms with Crippen molar-refractivity contribution in [3.63, 3.8) is 0 Å². The minimum atomic E-state index is -0.638. The summed E-state index contributed by atoms with van der Waals surface area (Å²) in [6.07, 6.45) is 2.69. The van der Waals surface area contributed by atoms with Crippen LogP contribution in [0.5, 0.6) is 0 Å². The largest absolute Gasteiger partial charge is 0.351 e. The molecule has 0 saturated heterocycles. The van der Waals surface area contributed by atoms with Gasteiger partial charge < -0.3 is 14.8 Å². The molecule has 2 aromatic heterocycles. The Morgan fingerprint density at radius 2 is 1.86 bits per heavy atom. The predicted molar refractivity (Wildman–Crippen MR) is 142 cm³/mol. The Morgan fingerprint density at radius 1 is 1.11 bits per heavy atom. The van der Waals surface area contributed by atoms with Crippen molar-refractivity contribution in [3.8, 4) is 0 Å². The Bertz CT molecular complexity index is 1400. The average Bonchev–Trinajstić information content (AvgIpc) is 3.35. The number of aryl methyl sites for hydroxylation is 3. The Balaban J connectivity index is 0.00000289. The standard InChI is InChI=1S/C26H27N5O2S.CH4/c1-16-5-7-17(8-6-16)11-19-13-20(28-31(19)4)25(32)27-21-15-34-24-14-22-18(9-10-29(22)2)12-23(24)30(3)26(21)33;/h5-10,12-14,21H,11,15H2,1-4H3,(H,27,32);1H4/t21-;/m0./s1. The predicted octanol–water partition coefficient (Wildman–Crippen LogP) is 4.31. The summed E-state index contributed by atoms with van der Waals surface area (Å²) in [6.45, 7) is 2.06. The van der Waals surface area contributed by atoms with Gasteiger partial charge in [0.2, 0.25) is 5.91 Å². The molecule has 2 amide bonds. The lowest BCUT2D eigenvalue weighted by Gasteiger charge is -2.21. The number of carbonyl (C=O) groups excluding carboxylic acids is 2. The van der Waals surface area contributed by atoms with Crippen molar-refractivity contribution < 1.29 is 9.59 Å². The van der Waals surface area contributed by atoms with Crippen LogP contribution in [0.15, 0.2) is 59.6 Å². The molecule has 4 aromatic rings. The molecule has 2 aromatic carbocycles. The van der Waals surface area contributed by atoms with Gasteiger partial charge >= 0.3 is 0 Å².